The van der Waals surface area contributed by atoms with E-state index in [1.165, 1.54) is 46.2 Å². The highest BCUT2D eigenvalue weighted by atomic mass is 19.4. The molecule has 0 bridgehead atoms. The lowest BCUT2D eigenvalue weighted by Gasteiger charge is -2.35. The van der Waals surface area contributed by atoms with Crippen LogP contribution in [-0.4, -0.2) is 61.9 Å². The molecule has 1 amide bonds. The number of anilines is 1. The predicted octanol–water partition coefficient (Wildman–Crippen LogP) is 3.33. The van der Waals surface area contributed by atoms with Gasteiger partial charge in [0.25, 0.3) is 5.91 Å². The Morgan fingerprint density at radius 2 is 1.71 bits per heavy atom. The third kappa shape index (κ3) is 3.91. The minimum Gasteiger partial charge on any atom is -0.351 e. The molecule has 1 aliphatic heterocycles. The summed E-state index contributed by atoms with van der Waals surface area (Å²) in [6.45, 7) is 1.07. The molecule has 5 rings (SSSR count). The number of benzene rings is 2. The van der Waals surface area contributed by atoms with Crippen LogP contribution >= 0.6 is 0 Å². The molecule has 0 aliphatic carbocycles. The Balaban J connectivity index is 1.37. The van der Waals surface area contributed by atoms with Crippen molar-refractivity contribution >= 4 is 22.9 Å². The molecule has 4 aromatic rings. The van der Waals surface area contributed by atoms with Crippen molar-refractivity contribution in [1.29, 1.82) is 0 Å². The van der Waals surface area contributed by atoms with Crippen molar-refractivity contribution in [3.8, 4) is 5.69 Å². The molecule has 0 N–H and O–H groups in total. The third-order valence-corrected chi connectivity index (χ3v) is 5.60. The minimum absolute atomic E-state index is 0.203. The van der Waals surface area contributed by atoms with Crippen LogP contribution in [0.3, 0.4) is 0 Å². The van der Waals surface area contributed by atoms with Crippen molar-refractivity contribution in [2.75, 3.05) is 31.1 Å². The van der Waals surface area contributed by atoms with Crippen LogP contribution < -0.4 is 4.90 Å². The Hall–Kier alpha value is -4.09. The Labute approximate surface area is 190 Å². The van der Waals surface area contributed by atoms with E-state index in [0.29, 0.717) is 35.8 Å². The minimum atomic E-state index is -4.62. The monoisotopic (exact) mass is 471 g/mol. The molecule has 0 spiro atoms. The van der Waals surface area contributed by atoms with E-state index in [1.807, 2.05) is 4.90 Å². The van der Waals surface area contributed by atoms with E-state index in [1.54, 1.807) is 12.1 Å². The lowest BCUT2D eigenvalue weighted by Crippen LogP contribution is -2.49. The fraction of sp³-hybridized carbons (Fsp3) is 0.227. The number of nitrogens with zero attached hydrogens (tertiary/aromatic N) is 7. The molecule has 0 radical (unpaired) electrons. The van der Waals surface area contributed by atoms with E-state index in [4.69, 9.17) is 0 Å². The maximum atomic E-state index is 13.6. The van der Waals surface area contributed by atoms with Gasteiger partial charge in [0, 0.05) is 26.2 Å². The molecule has 0 saturated carbocycles. The van der Waals surface area contributed by atoms with Crippen LogP contribution in [0, 0.1) is 5.82 Å². The van der Waals surface area contributed by atoms with Gasteiger partial charge in [-0.3, -0.25) is 4.79 Å². The number of amides is 1. The Morgan fingerprint density at radius 3 is 2.44 bits per heavy atom. The van der Waals surface area contributed by atoms with E-state index in [-0.39, 0.29) is 18.7 Å². The summed E-state index contributed by atoms with van der Waals surface area (Å²) >= 11 is 0. The Kier molecular flexibility index (Phi) is 5.34. The van der Waals surface area contributed by atoms with Gasteiger partial charge in [-0.2, -0.15) is 17.9 Å². The molecule has 1 fully saturated rings. The first kappa shape index (κ1) is 21.7. The standard InChI is InChI=1S/C22H17F4N7O/c23-14-4-3-5-15(12-14)33-20-18(29-30-33)19(27-13-28-20)31-8-10-32(11-9-31)21(34)16-6-1-2-7-17(16)22(24,25)26/h1-7,12-13H,8-11H2. The summed E-state index contributed by atoms with van der Waals surface area (Å²) in [6, 6.07) is 10.6. The fourth-order valence-corrected chi connectivity index (χ4v) is 3.96. The summed E-state index contributed by atoms with van der Waals surface area (Å²) in [5.74, 6) is -0.615. The highest BCUT2D eigenvalue weighted by molar-refractivity contribution is 5.96. The number of aromatic nitrogens is 5. The molecule has 174 valence electrons. The van der Waals surface area contributed by atoms with Gasteiger partial charge in [-0.25, -0.2) is 14.4 Å². The molecular formula is C22H17F4N7O. The van der Waals surface area contributed by atoms with Gasteiger partial charge in [0.05, 0.1) is 16.8 Å². The van der Waals surface area contributed by atoms with Crippen LogP contribution in [0.1, 0.15) is 15.9 Å². The van der Waals surface area contributed by atoms with Gasteiger partial charge in [0.15, 0.2) is 17.0 Å². The first-order chi connectivity index (χ1) is 16.3. The second-order valence-corrected chi connectivity index (χ2v) is 7.67. The molecule has 12 heteroatoms. The normalized spacial score (nSPS) is 14.6. The zero-order valence-corrected chi connectivity index (χ0v) is 17.6. The number of hydrogen-bond acceptors (Lipinski definition) is 6. The molecule has 1 saturated heterocycles. The first-order valence-electron chi connectivity index (χ1n) is 10.4. The highest BCUT2D eigenvalue weighted by Crippen LogP contribution is 2.32. The summed E-state index contributed by atoms with van der Waals surface area (Å²) < 4.78 is 55.0. The van der Waals surface area contributed by atoms with Crippen molar-refractivity contribution in [3.05, 3.63) is 71.8 Å². The number of fused-ring (bicyclic) bond motifs is 1. The van der Waals surface area contributed by atoms with Crippen LogP contribution in [0.25, 0.3) is 16.9 Å². The number of carbonyl (C=O) groups is 1. The molecule has 34 heavy (non-hydrogen) atoms. The maximum absolute atomic E-state index is 13.6. The zero-order valence-electron chi connectivity index (χ0n) is 17.6. The van der Waals surface area contributed by atoms with Crippen molar-refractivity contribution in [3.63, 3.8) is 0 Å². The lowest BCUT2D eigenvalue weighted by atomic mass is 10.1. The summed E-state index contributed by atoms with van der Waals surface area (Å²) in [4.78, 5) is 24.6. The molecule has 3 heterocycles. The number of halogens is 4. The molecule has 0 atom stereocenters. The summed E-state index contributed by atoms with van der Waals surface area (Å²) in [7, 11) is 0. The largest absolute Gasteiger partial charge is 0.417 e. The number of hydrogen-bond donors (Lipinski definition) is 0. The summed E-state index contributed by atoms with van der Waals surface area (Å²) in [6.07, 6.45) is -3.28. The van der Waals surface area contributed by atoms with E-state index >= 15 is 0 Å². The van der Waals surface area contributed by atoms with Gasteiger partial charge in [-0.05, 0) is 30.3 Å². The topological polar surface area (TPSA) is 80.0 Å². The predicted molar refractivity (Wildman–Crippen MR) is 114 cm³/mol. The Morgan fingerprint density at radius 1 is 0.941 bits per heavy atom. The third-order valence-electron chi connectivity index (χ3n) is 5.60. The molecule has 0 unspecified atom stereocenters. The zero-order chi connectivity index (χ0) is 23.9. The van der Waals surface area contributed by atoms with Gasteiger partial charge < -0.3 is 9.80 Å². The second kappa shape index (κ2) is 8.36. The maximum Gasteiger partial charge on any atom is 0.417 e. The number of alkyl halides is 3. The van der Waals surface area contributed by atoms with Crippen LogP contribution in [-0.2, 0) is 6.18 Å². The van der Waals surface area contributed by atoms with Crippen molar-refractivity contribution in [2.24, 2.45) is 0 Å². The molecule has 8 nitrogen and oxygen atoms in total. The summed E-state index contributed by atoms with van der Waals surface area (Å²) in [5.41, 5.74) is -0.0899. The SMILES string of the molecule is O=C(c1ccccc1C(F)(F)F)N1CCN(c2ncnc3c2nnn3-c2cccc(F)c2)CC1. The smallest absolute Gasteiger partial charge is 0.351 e. The van der Waals surface area contributed by atoms with E-state index in [9.17, 15) is 22.4 Å². The van der Waals surface area contributed by atoms with Gasteiger partial charge in [-0.15, -0.1) is 5.10 Å². The number of piperazine rings is 1. The quantitative estimate of drug-likeness (QED) is 0.427. The summed E-state index contributed by atoms with van der Waals surface area (Å²) in [5, 5.41) is 8.24. The molecule has 1 aliphatic rings. The molecule has 2 aromatic carbocycles. The fourth-order valence-electron chi connectivity index (χ4n) is 3.96. The van der Waals surface area contributed by atoms with Crippen LogP contribution in [0.5, 0.6) is 0 Å². The van der Waals surface area contributed by atoms with Gasteiger partial charge >= 0.3 is 6.18 Å². The lowest BCUT2D eigenvalue weighted by molar-refractivity contribution is -0.138. The first-order valence-corrected chi connectivity index (χ1v) is 10.4. The Bertz CT molecular complexity index is 1360. The number of rotatable bonds is 3. The van der Waals surface area contributed by atoms with Crippen LogP contribution in [0.2, 0.25) is 0 Å². The average molecular weight is 471 g/mol. The van der Waals surface area contributed by atoms with Crippen molar-refractivity contribution in [1.82, 2.24) is 29.9 Å². The van der Waals surface area contributed by atoms with Crippen LogP contribution in [0.15, 0.2) is 54.9 Å². The van der Waals surface area contributed by atoms with E-state index < -0.39 is 23.5 Å². The van der Waals surface area contributed by atoms with Crippen molar-refractivity contribution in [2.45, 2.75) is 6.18 Å². The highest BCUT2D eigenvalue weighted by Gasteiger charge is 2.36. The van der Waals surface area contributed by atoms with E-state index in [0.717, 1.165) is 6.07 Å². The molecule has 2 aromatic heterocycles. The second-order valence-electron chi connectivity index (χ2n) is 7.67. The average Bonchev–Trinajstić information content (AvgIpc) is 3.28. The van der Waals surface area contributed by atoms with Gasteiger partial charge in [0.1, 0.15) is 12.1 Å². The molecular weight excluding hydrogens is 454 g/mol. The van der Waals surface area contributed by atoms with Crippen molar-refractivity contribution < 1.29 is 22.4 Å². The van der Waals surface area contributed by atoms with Crippen LogP contribution in [0.4, 0.5) is 23.4 Å². The van der Waals surface area contributed by atoms with E-state index in [2.05, 4.69) is 20.3 Å². The number of carbonyl (C=O) groups excluding carboxylic acids is 1. The van der Waals surface area contributed by atoms with Gasteiger partial charge in [0.2, 0.25) is 0 Å². The van der Waals surface area contributed by atoms with Gasteiger partial charge in [-0.1, -0.05) is 23.4 Å².